The van der Waals surface area contributed by atoms with Gasteiger partial charge in [-0.05, 0) is 38.1 Å². The van der Waals surface area contributed by atoms with Gasteiger partial charge in [-0.15, -0.1) is 0 Å². The molecular formula is C18H33N3. The summed E-state index contributed by atoms with van der Waals surface area (Å²) in [6, 6.07) is 6.91. The lowest BCUT2D eigenvalue weighted by molar-refractivity contribution is 0.254. The average molecular weight is 291 g/mol. The molecule has 1 rings (SSSR count). The Morgan fingerprint density at radius 3 is 2.24 bits per heavy atom. The summed E-state index contributed by atoms with van der Waals surface area (Å²) in [5.74, 6) is 0. The zero-order valence-corrected chi connectivity index (χ0v) is 14.4. The van der Waals surface area contributed by atoms with Crippen molar-refractivity contribution in [2.24, 2.45) is 0 Å². The predicted octanol–water partition coefficient (Wildman–Crippen LogP) is 3.98. The summed E-state index contributed by atoms with van der Waals surface area (Å²) in [6.45, 7) is 13.1. The van der Waals surface area contributed by atoms with Gasteiger partial charge in [-0.25, -0.2) is 0 Å². The summed E-state index contributed by atoms with van der Waals surface area (Å²) in [4.78, 5) is 7.35. The van der Waals surface area contributed by atoms with Crippen molar-refractivity contribution in [1.82, 2.24) is 15.2 Å². The van der Waals surface area contributed by atoms with Crippen molar-refractivity contribution in [3.63, 3.8) is 0 Å². The van der Waals surface area contributed by atoms with E-state index in [0.717, 1.165) is 18.8 Å². The van der Waals surface area contributed by atoms with Gasteiger partial charge in [0.05, 0.1) is 11.4 Å². The van der Waals surface area contributed by atoms with Crippen molar-refractivity contribution in [2.45, 2.75) is 72.5 Å². The van der Waals surface area contributed by atoms with Gasteiger partial charge >= 0.3 is 0 Å². The molecule has 1 aromatic heterocycles. The molecule has 0 saturated heterocycles. The summed E-state index contributed by atoms with van der Waals surface area (Å²) >= 11 is 0. The number of pyridine rings is 1. The summed E-state index contributed by atoms with van der Waals surface area (Å²) in [7, 11) is 0. The Morgan fingerprint density at radius 1 is 1.05 bits per heavy atom. The standard InChI is InChI=1S/C18H33N3/c1-5-7-12-21(13-8-6-2)15-18-11-9-10-17(20-18)14-19-16(3)4/h9-11,16,19H,5-8,12-15H2,1-4H3. The van der Waals surface area contributed by atoms with E-state index < -0.39 is 0 Å². The van der Waals surface area contributed by atoms with Gasteiger partial charge in [0.1, 0.15) is 0 Å². The van der Waals surface area contributed by atoms with Crippen LogP contribution in [0.2, 0.25) is 0 Å². The van der Waals surface area contributed by atoms with Crippen LogP contribution in [0.1, 0.15) is 64.8 Å². The highest BCUT2D eigenvalue weighted by atomic mass is 15.1. The van der Waals surface area contributed by atoms with Crippen molar-refractivity contribution in [3.05, 3.63) is 29.6 Å². The Morgan fingerprint density at radius 2 is 1.67 bits per heavy atom. The van der Waals surface area contributed by atoms with Gasteiger partial charge in [-0.1, -0.05) is 46.6 Å². The van der Waals surface area contributed by atoms with Crippen molar-refractivity contribution < 1.29 is 0 Å². The summed E-state index contributed by atoms with van der Waals surface area (Å²) in [6.07, 6.45) is 5.07. The fourth-order valence-corrected chi connectivity index (χ4v) is 2.29. The lowest BCUT2D eigenvalue weighted by Crippen LogP contribution is -2.26. The molecule has 0 unspecified atom stereocenters. The van der Waals surface area contributed by atoms with E-state index in [1.807, 2.05) is 0 Å². The van der Waals surface area contributed by atoms with Gasteiger partial charge in [0.25, 0.3) is 0 Å². The largest absolute Gasteiger partial charge is 0.309 e. The monoisotopic (exact) mass is 291 g/mol. The predicted molar refractivity (Wildman–Crippen MR) is 91.3 cm³/mol. The zero-order chi connectivity index (χ0) is 15.5. The van der Waals surface area contributed by atoms with Crippen LogP contribution in [0.15, 0.2) is 18.2 Å². The van der Waals surface area contributed by atoms with E-state index in [2.05, 4.69) is 56.1 Å². The molecule has 1 aromatic rings. The van der Waals surface area contributed by atoms with E-state index in [1.165, 1.54) is 44.5 Å². The number of rotatable bonds is 11. The number of nitrogens with one attached hydrogen (secondary N) is 1. The quantitative estimate of drug-likeness (QED) is 0.668. The van der Waals surface area contributed by atoms with E-state index >= 15 is 0 Å². The first-order valence-corrected chi connectivity index (χ1v) is 8.56. The molecule has 21 heavy (non-hydrogen) atoms. The topological polar surface area (TPSA) is 28.2 Å². The van der Waals surface area contributed by atoms with Crippen LogP contribution in [0.3, 0.4) is 0 Å². The van der Waals surface area contributed by atoms with Crippen LogP contribution in [-0.2, 0) is 13.1 Å². The third-order valence-corrected chi connectivity index (χ3v) is 3.60. The number of hydrogen-bond donors (Lipinski definition) is 1. The maximum absolute atomic E-state index is 4.80. The number of aromatic nitrogens is 1. The van der Waals surface area contributed by atoms with E-state index in [9.17, 15) is 0 Å². The Bertz CT molecular complexity index is 368. The molecule has 0 aliphatic carbocycles. The highest BCUT2D eigenvalue weighted by molar-refractivity contribution is 5.11. The normalized spacial score (nSPS) is 11.5. The molecule has 0 aromatic carbocycles. The fourth-order valence-electron chi connectivity index (χ4n) is 2.29. The second-order valence-corrected chi connectivity index (χ2v) is 6.14. The fraction of sp³-hybridized carbons (Fsp3) is 0.722. The molecule has 3 heteroatoms. The second kappa shape index (κ2) is 10.7. The molecule has 0 fully saturated rings. The Hall–Kier alpha value is -0.930. The second-order valence-electron chi connectivity index (χ2n) is 6.14. The minimum absolute atomic E-state index is 0.501. The first kappa shape index (κ1) is 18.1. The van der Waals surface area contributed by atoms with Crippen molar-refractivity contribution in [3.8, 4) is 0 Å². The third kappa shape index (κ3) is 8.18. The van der Waals surface area contributed by atoms with E-state index in [1.54, 1.807) is 0 Å². The zero-order valence-electron chi connectivity index (χ0n) is 14.4. The van der Waals surface area contributed by atoms with Crippen LogP contribution in [0.5, 0.6) is 0 Å². The maximum atomic E-state index is 4.80. The van der Waals surface area contributed by atoms with Crippen molar-refractivity contribution in [1.29, 1.82) is 0 Å². The molecule has 0 atom stereocenters. The van der Waals surface area contributed by atoms with Crippen molar-refractivity contribution >= 4 is 0 Å². The molecular weight excluding hydrogens is 258 g/mol. The van der Waals surface area contributed by atoms with Crippen LogP contribution >= 0.6 is 0 Å². The van der Waals surface area contributed by atoms with Gasteiger partial charge in [-0.2, -0.15) is 0 Å². The minimum Gasteiger partial charge on any atom is -0.309 e. The molecule has 1 heterocycles. The molecule has 0 aliphatic heterocycles. The first-order valence-electron chi connectivity index (χ1n) is 8.56. The minimum atomic E-state index is 0.501. The van der Waals surface area contributed by atoms with Gasteiger partial charge in [0, 0.05) is 19.1 Å². The molecule has 0 amide bonds. The van der Waals surface area contributed by atoms with Crippen LogP contribution in [0, 0.1) is 0 Å². The molecule has 0 bridgehead atoms. The molecule has 0 aliphatic rings. The number of unbranched alkanes of at least 4 members (excludes halogenated alkanes) is 2. The number of nitrogens with zero attached hydrogens (tertiary/aromatic N) is 2. The van der Waals surface area contributed by atoms with Crippen LogP contribution in [-0.4, -0.2) is 29.0 Å². The smallest absolute Gasteiger partial charge is 0.0547 e. The maximum Gasteiger partial charge on any atom is 0.0547 e. The first-order chi connectivity index (χ1) is 10.2. The Balaban J connectivity index is 2.58. The lowest BCUT2D eigenvalue weighted by Gasteiger charge is -2.21. The van der Waals surface area contributed by atoms with E-state index in [-0.39, 0.29) is 0 Å². The van der Waals surface area contributed by atoms with Crippen LogP contribution < -0.4 is 5.32 Å². The Labute approximate surface area is 131 Å². The van der Waals surface area contributed by atoms with Gasteiger partial charge in [-0.3, -0.25) is 9.88 Å². The van der Waals surface area contributed by atoms with Crippen LogP contribution in [0.4, 0.5) is 0 Å². The third-order valence-electron chi connectivity index (χ3n) is 3.60. The van der Waals surface area contributed by atoms with E-state index in [0.29, 0.717) is 6.04 Å². The van der Waals surface area contributed by atoms with Gasteiger partial charge in [0.15, 0.2) is 0 Å². The van der Waals surface area contributed by atoms with E-state index in [4.69, 9.17) is 4.98 Å². The summed E-state index contributed by atoms with van der Waals surface area (Å²) in [5.41, 5.74) is 2.34. The molecule has 1 N–H and O–H groups in total. The molecule has 3 nitrogen and oxygen atoms in total. The summed E-state index contributed by atoms with van der Waals surface area (Å²) < 4.78 is 0. The molecule has 120 valence electrons. The molecule has 0 radical (unpaired) electrons. The lowest BCUT2D eigenvalue weighted by atomic mass is 10.2. The molecule has 0 saturated carbocycles. The molecule has 0 spiro atoms. The van der Waals surface area contributed by atoms with Crippen LogP contribution in [0.25, 0.3) is 0 Å². The van der Waals surface area contributed by atoms with Gasteiger partial charge < -0.3 is 5.32 Å². The highest BCUT2D eigenvalue weighted by Gasteiger charge is 2.07. The number of hydrogen-bond acceptors (Lipinski definition) is 3. The SMILES string of the molecule is CCCCN(CCCC)Cc1cccc(CNC(C)C)n1. The summed E-state index contributed by atoms with van der Waals surface area (Å²) in [5, 5.41) is 3.43. The Kier molecular flexibility index (Phi) is 9.27. The van der Waals surface area contributed by atoms with Crippen molar-refractivity contribution in [2.75, 3.05) is 13.1 Å². The average Bonchev–Trinajstić information content (AvgIpc) is 2.48. The highest BCUT2D eigenvalue weighted by Crippen LogP contribution is 2.07. The van der Waals surface area contributed by atoms with Gasteiger partial charge in [0.2, 0.25) is 0 Å².